The Kier molecular flexibility index (Phi) is 4.10. The van der Waals surface area contributed by atoms with Gasteiger partial charge in [0, 0.05) is 16.8 Å². The van der Waals surface area contributed by atoms with E-state index in [2.05, 4.69) is 30.8 Å². The van der Waals surface area contributed by atoms with Crippen LogP contribution in [-0.4, -0.2) is 20.2 Å². The van der Waals surface area contributed by atoms with Crippen molar-refractivity contribution in [3.8, 4) is 0 Å². The van der Waals surface area contributed by atoms with Crippen LogP contribution in [0.4, 0.5) is 31.9 Å². The molecule has 9 heteroatoms. The number of hydrogen-bond acceptors (Lipinski definition) is 5. The maximum Gasteiger partial charge on any atom is 0.229 e. The molecule has 0 fully saturated rings. The largest absolute Gasteiger partial charge is 0.338 e. The molecular weight excluding hydrogens is 362 g/mol. The van der Waals surface area contributed by atoms with Gasteiger partial charge in [-0.25, -0.2) is 13.8 Å². The fourth-order valence-electron chi connectivity index (χ4n) is 2.37. The van der Waals surface area contributed by atoms with Crippen molar-refractivity contribution in [2.45, 2.75) is 0 Å². The Labute approximate surface area is 151 Å². The molecule has 0 bridgehead atoms. The Bertz CT molecular complexity index is 1100. The third-order valence-electron chi connectivity index (χ3n) is 3.62. The van der Waals surface area contributed by atoms with E-state index in [0.29, 0.717) is 11.4 Å². The lowest BCUT2D eigenvalue weighted by Gasteiger charge is -2.10. The Morgan fingerprint density at radius 2 is 1.73 bits per heavy atom. The fourth-order valence-corrected chi connectivity index (χ4v) is 2.49. The molecule has 2 heterocycles. The molecule has 4 rings (SSSR count). The van der Waals surface area contributed by atoms with E-state index < -0.39 is 11.6 Å². The summed E-state index contributed by atoms with van der Waals surface area (Å²) >= 11 is 5.64. The summed E-state index contributed by atoms with van der Waals surface area (Å²) in [4.78, 5) is 8.01. The minimum atomic E-state index is -0.671. The van der Waals surface area contributed by atoms with Crippen LogP contribution >= 0.6 is 11.6 Å². The molecule has 2 aromatic carbocycles. The highest BCUT2D eigenvalue weighted by molar-refractivity contribution is 6.30. The van der Waals surface area contributed by atoms with E-state index >= 15 is 0 Å². The molecule has 0 atom stereocenters. The van der Waals surface area contributed by atoms with Gasteiger partial charge >= 0.3 is 0 Å². The summed E-state index contributed by atoms with van der Waals surface area (Å²) in [6.45, 7) is 0. The van der Waals surface area contributed by atoms with E-state index in [0.717, 1.165) is 23.2 Å². The van der Waals surface area contributed by atoms with Gasteiger partial charge < -0.3 is 10.6 Å². The molecule has 2 aromatic heterocycles. The number of aromatic amines is 1. The molecule has 130 valence electrons. The molecule has 26 heavy (non-hydrogen) atoms. The predicted molar refractivity (Wildman–Crippen MR) is 96.1 cm³/mol. The summed E-state index contributed by atoms with van der Waals surface area (Å²) in [5.74, 6) is -1.19. The first-order valence-corrected chi connectivity index (χ1v) is 7.91. The molecule has 0 saturated heterocycles. The molecule has 0 unspecified atom stereocenters. The number of H-pyrrole nitrogens is 1. The second kappa shape index (κ2) is 6.57. The summed E-state index contributed by atoms with van der Waals surface area (Å²) in [7, 11) is 0. The summed E-state index contributed by atoms with van der Waals surface area (Å²) in [6, 6.07) is 9.58. The van der Waals surface area contributed by atoms with Crippen LogP contribution in [0.15, 0.2) is 48.8 Å². The van der Waals surface area contributed by atoms with Crippen LogP contribution in [0.1, 0.15) is 0 Å². The quantitative estimate of drug-likeness (QED) is 0.481. The van der Waals surface area contributed by atoms with Gasteiger partial charge in [-0.3, -0.25) is 5.10 Å². The topological polar surface area (TPSA) is 78.5 Å². The highest BCUT2D eigenvalue weighted by Crippen LogP contribution is 2.24. The standard InChI is InChI=1S/C17H11ClF2N6/c18-12-4-3-10(5-13(12)19)23-16-14(20)8-21-17(25-16)24-11-2-1-9-7-22-26-15(9)6-11/h1-8H,(H,22,26)(H2,21,23,24,25). The van der Waals surface area contributed by atoms with Crippen molar-refractivity contribution in [3.63, 3.8) is 0 Å². The summed E-state index contributed by atoms with van der Waals surface area (Å²) in [5.41, 5.74) is 1.86. The maximum absolute atomic E-state index is 14.0. The number of aromatic nitrogens is 4. The summed E-state index contributed by atoms with van der Waals surface area (Å²) in [6.07, 6.45) is 2.74. The molecule has 0 radical (unpaired) electrons. The maximum atomic E-state index is 14.0. The van der Waals surface area contributed by atoms with Crippen molar-refractivity contribution in [3.05, 3.63) is 65.4 Å². The summed E-state index contributed by atoms with van der Waals surface area (Å²) < 4.78 is 27.5. The third kappa shape index (κ3) is 3.27. The van der Waals surface area contributed by atoms with E-state index in [-0.39, 0.29) is 16.8 Å². The van der Waals surface area contributed by atoms with E-state index in [1.54, 1.807) is 6.20 Å². The Morgan fingerprint density at radius 1 is 0.923 bits per heavy atom. The molecule has 3 N–H and O–H groups in total. The van der Waals surface area contributed by atoms with Gasteiger partial charge in [0.15, 0.2) is 11.6 Å². The van der Waals surface area contributed by atoms with E-state index in [9.17, 15) is 8.78 Å². The van der Waals surface area contributed by atoms with Gasteiger partial charge in [-0.1, -0.05) is 11.6 Å². The van der Waals surface area contributed by atoms with Crippen LogP contribution in [0.25, 0.3) is 10.9 Å². The Hall–Kier alpha value is -3.26. The van der Waals surface area contributed by atoms with Gasteiger partial charge in [0.2, 0.25) is 5.95 Å². The van der Waals surface area contributed by atoms with Gasteiger partial charge in [0.25, 0.3) is 0 Å². The van der Waals surface area contributed by atoms with Gasteiger partial charge in [-0.05, 0) is 36.4 Å². The highest BCUT2D eigenvalue weighted by Gasteiger charge is 2.10. The van der Waals surface area contributed by atoms with E-state index in [1.165, 1.54) is 12.1 Å². The highest BCUT2D eigenvalue weighted by atomic mass is 35.5. The molecule has 0 saturated carbocycles. The first-order chi connectivity index (χ1) is 12.6. The number of nitrogens with zero attached hydrogens (tertiary/aromatic N) is 3. The zero-order valence-electron chi connectivity index (χ0n) is 13.1. The first kappa shape index (κ1) is 16.2. The number of fused-ring (bicyclic) bond motifs is 1. The van der Waals surface area contributed by atoms with Crippen molar-refractivity contribution >= 4 is 45.6 Å². The van der Waals surface area contributed by atoms with Crippen molar-refractivity contribution in [2.75, 3.05) is 10.6 Å². The zero-order valence-corrected chi connectivity index (χ0v) is 13.9. The number of anilines is 4. The minimum absolute atomic E-state index is 0.0183. The predicted octanol–water partition coefficient (Wildman–Crippen LogP) is 4.77. The second-order valence-corrected chi connectivity index (χ2v) is 5.85. The lowest BCUT2D eigenvalue weighted by molar-refractivity contribution is 0.618. The van der Waals surface area contributed by atoms with Crippen molar-refractivity contribution in [1.82, 2.24) is 20.2 Å². The number of halogens is 3. The summed E-state index contributed by atoms with van der Waals surface area (Å²) in [5, 5.41) is 13.5. The lowest BCUT2D eigenvalue weighted by atomic mass is 10.2. The minimum Gasteiger partial charge on any atom is -0.338 e. The third-order valence-corrected chi connectivity index (χ3v) is 3.93. The molecule has 6 nitrogen and oxygen atoms in total. The van der Waals surface area contributed by atoms with Crippen LogP contribution in [0.3, 0.4) is 0 Å². The number of nitrogens with one attached hydrogen (secondary N) is 3. The molecule has 0 aliphatic rings. The van der Waals surface area contributed by atoms with Gasteiger partial charge in [-0.2, -0.15) is 10.1 Å². The smallest absolute Gasteiger partial charge is 0.229 e. The second-order valence-electron chi connectivity index (χ2n) is 5.44. The molecule has 0 aliphatic heterocycles. The molecule has 0 aliphatic carbocycles. The lowest BCUT2D eigenvalue weighted by Crippen LogP contribution is -2.03. The van der Waals surface area contributed by atoms with E-state index in [1.807, 2.05) is 18.2 Å². The van der Waals surface area contributed by atoms with E-state index in [4.69, 9.17) is 11.6 Å². The Morgan fingerprint density at radius 3 is 2.58 bits per heavy atom. The molecular formula is C17H11ClF2N6. The molecule has 4 aromatic rings. The van der Waals surface area contributed by atoms with Crippen molar-refractivity contribution < 1.29 is 8.78 Å². The first-order valence-electron chi connectivity index (χ1n) is 7.53. The van der Waals surface area contributed by atoms with Crippen LogP contribution in [0.2, 0.25) is 5.02 Å². The van der Waals surface area contributed by atoms with Crippen molar-refractivity contribution in [1.29, 1.82) is 0 Å². The SMILES string of the molecule is Fc1cc(Nc2nc(Nc3ccc4cn[nH]c4c3)ncc2F)ccc1Cl. The Balaban J connectivity index is 1.59. The number of rotatable bonds is 4. The number of hydrogen-bond donors (Lipinski definition) is 3. The van der Waals surface area contributed by atoms with Gasteiger partial charge in [-0.15, -0.1) is 0 Å². The average molecular weight is 373 g/mol. The normalized spacial score (nSPS) is 10.9. The monoisotopic (exact) mass is 372 g/mol. The number of benzene rings is 2. The van der Waals surface area contributed by atoms with Crippen LogP contribution < -0.4 is 10.6 Å². The van der Waals surface area contributed by atoms with Crippen LogP contribution in [0, 0.1) is 11.6 Å². The molecule has 0 amide bonds. The van der Waals surface area contributed by atoms with Gasteiger partial charge in [0.1, 0.15) is 5.82 Å². The molecule has 0 spiro atoms. The fraction of sp³-hybridized carbons (Fsp3) is 0. The van der Waals surface area contributed by atoms with Gasteiger partial charge in [0.05, 0.1) is 22.9 Å². The average Bonchev–Trinajstić information content (AvgIpc) is 3.09. The zero-order chi connectivity index (χ0) is 18.1. The van der Waals surface area contributed by atoms with Crippen LogP contribution in [0.5, 0.6) is 0 Å². The van der Waals surface area contributed by atoms with Crippen molar-refractivity contribution in [2.24, 2.45) is 0 Å². The van der Waals surface area contributed by atoms with Crippen LogP contribution in [-0.2, 0) is 0 Å².